The van der Waals surface area contributed by atoms with Crippen LogP contribution in [0.3, 0.4) is 0 Å². The normalized spacial score (nSPS) is 21.5. The van der Waals surface area contributed by atoms with Crippen molar-refractivity contribution >= 4 is 11.8 Å². The number of nitrogen functional groups attached to an aromatic ring is 1. The molecule has 2 N–H and O–H groups in total. The van der Waals surface area contributed by atoms with Crippen molar-refractivity contribution in [3.63, 3.8) is 0 Å². The van der Waals surface area contributed by atoms with Crippen LogP contribution in [0.4, 0.5) is 11.8 Å². The fraction of sp³-hybridized carbons (Fsp3) is 0.714. The number of anilines is 2. The fourth-order valence-electron chi connectivity index (χ4n) is 3.09. The molecule has 2 aliphatic rings. The number of hydrogen-bond donors (Lipinski definition) is 1. The summed E-state index contributed by atoms with van der Waals surface area (Å²) in [6, 6.07) is 0.705. The molecule has 3 rings (SSSR count). The van der Waals surface area contributed by atoms with Crippen molar-refractivity contribution in [2.75, 3.05) is 36.8 Å². The highest BCUT2D eigenvalue weighted by Gasteiger charge is 2.34. The average Bonchev–Trinajstić information content (AvgIpc) is 2.34. The van der Waals surface area contributed by atoms with E-state index in [1.165, 1.54) is 32.4 Å². The lowest BCUT2D eigenvalue weighted by Gasteiger charge is -2.47. The van der Waals surface area contributed by atoms with Gasteiger partial charge in [-0.15, -0.1) is 0 Å². The van der Waals surface area contributed by atoms with Gasteiger partial charge in [-0.25, -0.2) is 4.98 Å². The van der Waals surface area contributed by atoms with Crippen LogP contribution in [0.2, 0.25) is 0 Å². The number of likely N-dealkylation sites (tertiary alicyclic amines) is 1. The molecule has 1 aromatic heterocycles. The smallest absolute Gasteiger partial charge is 0.222 e. The second kappa shape index (κ2) is 4.96. The topological polar surface area (TPSA) is 58.3 Å². The van der Waals surface area contributed by atoms with Crippen molar-refractivity contribution < 1.29 is 0 Å². The molecule has 2 fully saturated rings. The Morgan fingerprint density at radius 3 is 2.42 bits per heavy atom. The van der Waals surface area contributed by atoms with Crippen molar-refractivity contribution in [2.24, 2.45) is 0 Å². The number of aromatic nitrogens is 2. The highest BCUT2D eigenvalue weighted by molar-refractivity contribution is 5.53. The van der Waals surface area contributed by atoms with Crippen LogP contribution in [0.15, 0.2) is 0 Å². The Morgan fingerprint density at radius 2 is 1.74 bits per heavy atom. The van der Waals surface area contributed by atoms with Crippen LogP contribution in [0.25, 0.3) is 0 Å². The Balaban J connectivity index is 1.67. The minimum atomic E-state index is 0.388. The summed E-state index contributed by atoms with van der Waals surface area (Å²) in [5.41, 5.74) is 7.91. The van der Waals surface area contributed by atoms with Gasteiger partial charge in [-0.2, -0.15) is 4.98 Å². The summed E-state index contributed by atoms with van der Waals surface area (Å²) < 4.78 is 0. The van der Waals surface area contributed by atoms with Crippen LogP contribution < -0.4 is 10.6 Å². The zero-order valence-electron chi connectivity index (χ0n) is 11.9. The van der Waals surface area contributed by atoms with Crippen molar-refractivity contribution in [3.05, 3.63) is 11.3 Å². The summed E-state index contributed by atoms with van der Waals surface area (Å²) in [5, 5.41) is 0. The molecular formula is C14H23N5. The molecule has 0 bridgehead atoms. The number of rotatable bonds is 2. The third-order valence-electron chi connectivity index (χ3n) is 4.45. The van der Waals surface area contributed by atoms with E-state index >= 15 is 0 Å². The largest absolute Gasteiger partial charge is 0.368 e. The van der Waals surface area contributed by atoms with Crippen LogP contribution in [-0.4, -0.2) is 47.1 Å². The maximum atomic E-state index is 5.76. The van der Waals surface area contributed by atoms with E-state index < -0.39 is 0 Å². The predicted octanol–water partition coefficient (Wildman–Crippen LogP) is 1.35. The van der Waals surface area contributed by atoms with E-state index in [4.69, 9.17) is 5.73 Å². The van der Waals surface area contributed by atoms with Gasteiger partial charge in [0.15, 0.2) is 0 Å². The van der Waals surface area contributed by atoms with Gasteiger partial charge in [0.05, 0.1) is 0 Å². The van der Waals surface area contributed by atoms with Crippen molar-refractivity contribution in [2.45, 2.75) is 39.2 Å². The lowest BCUT2D eigenvalue weighted by atomic mass is 10.0. The highest BCUT2D eigenvalue weighted by atomic mass is 15.3. The molecule has 0 aliphatic carbocycles. The van der Waals surface area contributed by atoms with Gasteiger partial charge in [0.2, 0.25) is 5.95 Å². The fourth-order valence-corrected chi connectivity index (χ4v) is 3.09. The van der Waals surface area contributed by atoms with Gasteiger partial charge in [0, 0.05) is 30.4 Å². The molecule has 2 saturated heterocycles. The molecule has 3 heterocycles. The van der Waals surface area contributed by atoms with Crippen LogP contribution in [0, 0.1) is 13.8 Å². The van der Waals surface area contributed by atoms with Gasteiger partial charge in [-0.1, -0.05) is 6.42 Å². The van der Waals surface area contributed by atoms with Gasteiger partial charge in [0.1, 0.15) is 5.82 Å². The second-order valence-corrected chi connectivity index (χ2v) is 5.77. The van der Waals surface area contributed by atoms with Crippen LogP contribution in [-0.2, 0) is 0 Å². The first-order chi connectivity index (χ1) is 9.15. The Kier molecular flexibility index (Phi) is 3.31. The van der Waals surface area contributed by atoms with Gasteiger partial charge in [-0.05, 0) is 39.8 Å². The molecule has 0 amide bonds. The molecule has 5 heteroatoms. The molecule has 1 aromatic rings. The van der Waals surface area contributed by atoms with E-state index in [9.17, 15) is 0 Å². The second-order valence-electron chi connectivity index (χ2n) is 5.77. The standard InChI is InChI=1S/C14H23N5/c1-10-11(2)16-14(15)17-13(10)19-8-12(9-19)18-6-4-3-5-7-18/h12H,3-9H2,1-2H3,(H2,15,16,17). The summed E-state index contributed by atoms with van der Waals surface area (Å²) in [4.78, 5) is 13.6. The maximum absolute atomic E-state index is 5.76. The predicted molar refractivity (Wildman–Crippen MR) is 77.3 cm³/mol. The van der Waals surface area contributed by atoms with E-state index in [1.54, 1.807) is 0 Å². The molecule has 0 radical (unpaired) electrons. The van der Waals surface area contributed by atoms with Crippen molar-refractivity contribution in [1.82, 2.24) is 14.9 Å². The van der Waals surface area contributed by atoms with E-state index in [0.29, 0.717) is 12.0 Å². The van der Waals surface area contributed by atoms with Crippen molar-refractivity contribution in [3.8, 4) is 0 Å². The first-order valence-electron chi connectivity index (χ1n) is 7.25. The number of aryl methyl sites for hydroxylation is 1. The first kappa shape index (κ1) is 12.7. The molecule has 19 heavy (non-hydrogen) atoms. The van der Waals surface area contributed by atoms with Gasteiger partial charge in [0.25, 0.3) is 0 Å². The summed E-state index contributed by atoms with van der Waals surface area (Å²) in [7, 11) is 0. The number of nitrogens with zero attached hydrogens (tertiary/aromatic N) is 4. The zero-order chi connectivity index (χ0) is 13.4. The summed E-state index contributed by atoms with van der Waals surface area (Å²) >= 11 is 0. The van der Waals surface area contributed by atoms with Crippen LogP contribution in [0.5, 0.6) is 0 Å². The number of piperidine rings is 1. The highest BCUT2D eigenvalue weighted by Crippen LogP contribution is 2.28. The Bertz CT molecular complexity index is 461. The quantitative estimate of drug-likeness (QED) is 0.871. The minimum absolute atomic E-state index is 0.388. The van der Waals surface area contributed by atoms with E-state index in [-0.39, 0.29) is 0 Å². The molecule has 0 spiro atoms. The van der Waals surface area contributed by atoms with Gasteiger partial charge >= 0.3 is 0 Å². The van der Waals surface area contributed by atoms with E-state index in [2.05, 4.69) is 26.7 Å². The summed E-state index contributed by atoms with van der Waals surface area (Å²) in [5.74, 6) is 1.41. The molecule has 0 atom stereocenters. The third kappa shape index (κ3) is 2.39. The summed E-state index contributed by atoms with van der Waals surface area (Å²) in [6.07, 6.45) is 4.11. The lowest BCUT2D eigenvalue weighted by Crippen LogP contribution is -2.60. The van der Waals surface area contributed by atoms with Crippen LogP contribution >= 0.6 is 0 Å². The van der Waals surface area contributed by atoms with E-state index in [1.807, 2.05) is 6.92 Å². The van der Waals surface area contributed by atoms with Crippen molar-refractivity contribution in [1.29, 1.82) is 0 Å². The van der Waals surface area contributed by atoms with Gasteiger partial charge < -0.3 is 10.6 Å². The molecule has 0 unspecified atom stereocenters. The Hall–Kier alpha value is -1.36. The first-order valence-corrected chi connectivity index (χ1v) is 7.25. The number of hydrogen-bond acceptors (Lipinski definition) is 5. The number of nitrogens with two attached hydrogens (primary N) is 1. The zero-order valence-corrected chi connectivity index (χ0v) is 11.9. The van der Waals surface area contributed by atoms with E-state index in [0.717, 1.165) is 30.2 Å². The SMILES string of the molecule is Cc1nc(N)nc(N2CC(N3CCCCC3)C2)c1C. The molecule has 2 aliphatic heterocycles. The Morgan fingerprint density at radius 1 is 1.05 bits per heavy atom. The average molecular weight is 261 g/mol. The van der Waals surface area contributed by atoms with Crippen LogP contribution in [0.1, 0.15) is 30.5 Å². The molecule has 104 valence electrons. The monoisotopic (exact) mass is 261 g/mol. The maximum Gasteiger partial charge on any atom is 0.222 e. The lowest BCUT2D eigenvalue weighted by molar-refractivity contribution is 0.138. The third-order valence-corrected chi connectivity index (χ3v) is 4.45. The molecule has 0 saturated carbocycles. The minimum Gasteiger partial charge on any atom is -0.368 e. The summed E-state index contributed by atoms with van der Waals surface area (Å²) in [6.45, 7) is 8.77. The molecular weight excluding hydrogens is 238 g/mol. The molecule has 0 aromatic carbocycles. The Labute approximate surface area is 114 Å². The van der Waals surface area contributed by atoms with Gasteiger partial charge in [-0.3, -0.25) is 4.90 Å². The molecule has 5 nitrogen and oxygen atoms in total.